The van der Waals surface area contributed by atoms with Crippen LogP contribution in [0.2, 0.25) is 0 Å². The van der Waals surface area contributed by atoms with E-state index in [4.69, 9.17) is 0 Å². The third-order valence-corrected chi connectivity index (χ3v) is 5.23. The monoisotopic (exact) mass is 397 g/mol. The number of hydrogen-bond acceptors (Lipinski definition) is 5. The Morgan fingerprint density at radius 1 is 1.04 bits per heavy atom. The van der Waals surface area contributed by atoms with Crippen LogP contribution < -0.4 is 15.4 Å². The van der Waals surface area contributed by atoms with Gasteiger partial charge >= 0.3 is 6.03 Å². The van der Waals surface area contributed by atoms with E-state index in [1.807, 2.05) is 6.07 Å². The number of nitrogens with zero attached hydrogens (tertiary/aromatic N) is 2. The molecule has 144 valence electrons. The minimum Gasteiger partial charge on any atom is -0.334 e. The van der Waals surface area contributed by atoms with Crippen molar-refractivity contribution in [3.05, 3.63) is 78.4 Å². The number of aryl methyl sites for hydroxylation is 1. The molecule has 3 rings (SSSR count). The van der Waals surface area contributed by atoms with Gasteiger partial charge in [0.1, 0.15) is 0 Å². The van der Waals surface area contributed by atoms with Gasteiger partial charge in [-0.05, 0) is 55.0 Å². The molecule has 2 aromatic heterocycles. The highest BCUT2D eigenvalue weighted by Crippen LogP contribution is 2.19. The fourth-order valence-corrected chi connectivity index (χ4v) is 3.49. The first-order chi connectivity index (χ1) is 13.4. The van der Waals surface area contributed by atoms with Crippen molar-refractivity contribution >= 4 is 27.4 Å². The highest BCUT2D eigenvalue weighted by molar-refractivity contribution is 7.92. The van der Waals surface area contributed by atoms with Crippen molar-refractivity contribution in [2.24, 2.45) is 0 Å². The van der Waals surface area contributed by atoms with Crippen LogP contribution in [-0.4, -0.2) is 24.4 Å². The maximum Gasteiger partial charge on any atom is 0.319 e. The van der Waals surface area contributed by atoms with Crippen LogP contribution in [0.1, 0.15) is 11.3 Å². The maximum absolute atomic E-state index is 12.5. The second-order valence-electron chi connectivity index (χ2n) is 5.94. The van der Waals surface area contributed by atoms with Gasteiger partial charge < -0.3 is 10.6 Å². The normalized spacial score (nSPS) is 10.9. The number of carbonyl (C=O) groups excluding carboxylic acids is 1. The lowest BCUT2D eigenvalue weighted by Gasteiger charge is -2.11. The van der Waals surface area contributed by atoms with E-state index >= 15 is 0 Å². The van der Waals surface area contributed by atoms with Crippen LogP contribution in [-0.2, 0) is 16.6 Å². The van der Waals surface area contributed by atoms with E-state index < -0.39 is 16.1 Å². The lowest BCUT2D eigenvalue weighted by molar-refractivity contribution is 0.251. The number of rotatable bonds is 6. The quantitative estimate of drug-likeness (QED) is 0.592. The van der Waals surface area contributed by atoms with Crippen LogP contribution in [0.25, 0.3) is 0 Å². The molecule has 0 bridgehead atoms. The Hall–Kier alpha value is -3.46. The Morgan fingerprint density at radius 2 is 1.79 bits per heavy atom. The number of anilines is 2. The van der Waals surface area contributed by atoms with Crippen molar-refractivity contribution in [3.8, 4) is 0 Å². The first-order valence-corrected chi connectivity index (χ1v) is 9.90. The number of benzene rings is 1. The molecule has 0 unspecified atom stereocenters. The van der Waals surface area contributed by atoms with Gasteiger partial charge in [0.05, 0.1) is 16.3 Å². The largest absolute Gasteiger partial charge is 0.334 e. The molecule has 28 heavy (non-hydrogen) atoms. The van der Waals surface area contributed by atoms with Crippen LogP contribution in [0.4, 0.5) is 16.2 Å². The molecule has 3 N–H and O–H groups in total. The van der Waals surface area contributed by atoms with Gasteiger partial charge in [-0.3, -0.25) is 14.7 Å². The molecule has 1 aromatic carbocycles. The third kappa shape index (κ3) is 5.04. The predicted molar refractivity (Wildman–Crippen MR) is 106 cm³/mol. The third-order valence-electron chi connectivity index (χ3n) is 3.85. The van der Waals surface area contributed by atoms with Gasteiger partial charge in [-0.25, -0.2) is 13.2 Å². The minimum atomic E-state index is -3.75. The van der Waals surface area contributed by atoms with E-state index in [2.05, 4.69) is 25.3 Å². The summed E-state index contributed by atoms with van der Waals surface area (Å²) >= 11 is 0. The molecule has 0 aliphatic carbocycles. The zero-order valence-corrected chi connectivity index (χ0v) is 15.9. The van der Waals surface area contributed by atoms with Crippen molar-refractivity contribution in [3.63, 3.8) is 0 Å². The lowest BCUT2D eigenvalue weighted by atomic mass is 10.3. The molecule has 0 radical (unpaired) electrons. The molecule has 9 heteroatoms. The fourth-order valence-electron chi connectivity index (χ4n) is 2.37. The van der Waals surface area contributed by atoms with Crippen LogP contribution in [0.5, 0.6) is 0 Å². The van der Waals surface area contributed by atoms with E-state index in [0.29, 0.717) is 23.6 Å². The fraction of sp³-hybridized carbons (Fsp3) is 0.105. The van der Waals surface area contributed by atoms with Crippen molar-refractivity contribution < 1.29 is 13.2 Å². The standard InChI is InChI=1S/C19H19N5O3S/c1-14-18(5-3-11-21-14)24-28(26,27)17-8-6-16(7-9-17)23-19(25)22-13-15-4-2-10-20-12-15/h2-12,24H,13H2,1H3,(H2,22,23,25). The maximum atomic E-state index is 12.5. The Labute approximate surface area is 163 Å². The number of hydrogen-bond donors (Lipinski definition) is 3. The summed E-state index contributed by atoms with van der Waals surface area (Å²) in [4.78, 5) is 20.1. The van der Waals surface area contributed by atoms with Gasteiger partial charge in [-0.2, -0.15) is 0 Å². The summed E-state index contributed by atoms with van der Waals surface area (Å²) in [6.07, 6.45) is 4.91. The molecule has 0 fully saturated rings. The van der Waals surface area contributed by atoms with E-state index in [1.165, 1.54) is 24.3 Å². The van der Waals surface area contributed by atoms with Gasteiger partial charge in [0, 0.05) is 30.8 Å². The number of pyridine rings is 2. The van der Waals surface area contributed by atoms with E-state index in [-0.39, 0.29) is 4.90 Å². The second kappa shape index (κ2) is 8.49. The number of amides is 2. The summed E-state index contributed by atoms with van der Waals surface area (Å²) in [6.45, 7) is 2.05. The van der Waals surface area contributed by atoms with Crippen molar-refractivity contribution in [1.29, 1.82) is 0 Å². The summed E-state index contributed by atoms with van der Waals surface area (Å²) in [7, 11) is -3.75. The zero-order valence-electron chi connectivity index (χ0n) is 15.1. The topological polar surface area (TPSA) is 113 Å². The van der Waals surface area contributed by atoms with E-state index in [9.17, 15) is 13.2 Å². The van der Waals surface area contributed by atoms with Crippen molar-refractivity contribution in [2.45, 2.75) is 18.4 Å². The SMILES string of the molecule is Cc1ncccc1NS(=O)(=O)c1ccc(NC(=O)NCc2cccnc2)cc1. The van der Waals surface area contributed by atoms with Crippen molar-refractivity contribution in [2.75, 3.05) is 10.0 Å². The van der Waals surface area contributed by atoms with Gasteiger partial charge in [-0.1, -0.05) is 6.07 Å². The molecule has 8 nitrogen and oxygen atoms in total. The van der Waals surface area contributed by atoms with E-state index in [1.54, 1.807) is 43.7 Å². The summed E-state index contributed by atoms with van der Waals surface area (Å²) < 4.78 is 27.5. The summed E-state index contributed by atoms with van der Waals surface area (Å²) in [5.41, 5.74) is 2.34. The van der Waals surface area contributed by atoms with Gasteiger partial charge in [0.25, 0.3) is 10.0 Å². The van der Waals surface area contributed by atoms with Gasteiger partial charge in [-0.15, -0.1) is 0 Å². The van der Waals surface area contributed by atoms with Crippen molar-refractivity contribution in [1.82, 2.24) is 15.3 Å². The van der Waals surface area contributed by atoms with Gasteiger partial charge in [0.15, 0.2) is 0 Å². The second-order valence-corrected chi connectivity index (χ2v) is 7.62. The highest BCUT2D eigenvalue weighted by Gasteiger charge is 2.15. The Kier molecular flexibility index (Phi) is 5.85. The summed E-state index contributed by atoms with van der Waals surface area (Å²) in [5.74, 6) is 0. The average molecular weight is 397 g/mol. The summed E-state index contributed by atoms with van der Waals surface area (Å²) in [5, 5.41) is 5.36. The average Bonchev–Trinajstić information content (AvgIpc) is 2.69. The first kappa shape index (κ1) is 19.3. The Bertz CT molecular complexity index is 1050. The molecule has 3 aromatic rings. The molecular formula is C19H19N5O3S. The van der Waals surface area contributed by atoms with Crippen LogP contribution in [0.15, 0.2) is 72.0 Å². The van der Waals surface area contributed by atoms with Crippen LogP contribution in [0.3, 0.4) is 0 Å². The molecule has 0 spiro atoms. The lowest BCUT2D eigenvalue weighted by Crippen LogP contribution is -2.28. The first-order valence-electron chi connectivity index (χ1n) is 8.42. The summed E-state index contributed by atoms with van der Waals surface area (Å²) in [6, 6.07) is 12.4. The number of carbonyl (C=O) groups is 1. The molecular weight excluding hydrogens is 378 g/mol. The van der Waals surface area contributed by atoms with Crippen LogP contribution >= 0.6 is 0 Å². The van der Waals surface area contributed by atoms with E-state index in [0.717, 1.165) is 5.56 Å². The molecule has 0 atom stereocenters. The number of aromatic nitrogens is 2. The number of nitrogens with one attached hydrogen (secondary N) is 3. The number of urea groups is 1. The zero-order chi connectivity index (χ0) is 20.0. The molecule has 0 saturated carbocycles. The Morgan fingerprint density at radius 3 is 2.46 bits per heavy atom. The van der Waals surface area contributed by atoms with Gasteiger partial charge in [0.2, 0.25) is 0 Å². The molecule has 2 heterocycles. The molecule has 0 aliphatic heterocycles. The Balaban J connectivity index is 1.61. The molecule has 0 saturated heterocycles. The molecule has 2 amide bonds. The minimum absolute atomic E-state index is 0.0806. The number of sulfonamides is 1. The highest BCUT2D eigenvalue weighted by atomic mass is 32.2. The molecule has 0 aliphatic rings. The smallest absolute Gasteiger partial charge is 0.319 e. The van der Waals surface area contributed by atoms with Crippen LogP contribution in [0, 0.1) is 6.92 Å². The predicted octanol–water partition coefficient (Wildman–Crippen LogP) is 2.91.